The third-order valence-corrected chi connectivity index (χ3v) is 6.47. The van der Waals surface area contributed by atoms with Crippen LogP contribution in [-0.4, -0.2) is 70.5 Å². The first-order valence-corrected chi connectivity index (χ1v) is 12.5. The lowest BCUT2D eigenvalue weighted by Gasteiger charge is -2.29. The van der Waals surface area contributed by atoms with E-state index in [0.717, 1.165) is 63.7 Å². The minimum Gasteiger partial charge on any atom is -0.378 e. The van der Waals surface area contributed by atoms with Gasteiger partial charge in [0.15, 0.2) is 0 Å². The van der Waals surface area contributed by atoms with Crippen LogP contribution in [0.4, 0.5) is 11.4 Å². The van der Waals surface area contributed by atoms with Crippen molar-refractivity contribution >= 4 is 23.2 Å². The Morgan fingerprint density at radius 1 is 0.722 bits per heavy atom. The van der Waals surface area contributed by atoms with Crippen LogP contribution in [0.3, 0.4) is 0 Å². The average molecular weight is 498 g/mol. The topological polar surface area (TPSA) is 137 Å². The average Bonchev–Trinajstić information content (AvgIpc) is 2.91. The molecule has 196 valence electrons. The van der Waals surface area contributed by atoms with E-state index in [1.165, 1.54) is 11.4 Å². The molecule has 9 heteroatoms. The molecule has 2 amide bonds. The molecule has 2 atom stereocenters. The van der Waals surface area contributed by atoms with E-state index in [-0.39, 0.29) is 11.8 Å². The van der Waals surface area contributed by atoms with Crippen LogP contribution in [-0.2, 0) is 31.9 Å². The number of rotatable bonds is 8. The maximum absolute atomic E-state index is 11.0. The minimum atomic E-state index is -0.612. The van der Waals surface area contributed by atoms with E-state index in [4.69, 9.17) is 26.7 Å². The highest BCUT2D eigenvalue weighted by Gasteiger charge is 2.14. The first kappa shape index (κ1) is 27.4. The Labute approximate surface area is 213 Å². The Bertz CT molecular complexity index is 876. The summed E-state index contributed by atoms with van der Waals surface area (Å²) >= 11 is 0. The molecule has 2 aliphatic heterocycles. The summed E-state index contributed by atoms with van der Waals surface area (Å²) in [4.78, 5) is 26.5. The summed E-state index contributed by atoms with van der Waals surface area (Å²) in [6, 6.07) is 15.8. The van der Waals surface area contributed by atoms with Gasteiger partial charge in [-0.25, -0.2) is 0 Å². The molecular weight excluding hydrogens is 458 g/mol. The molecule has 2 aliphatic rings. The van der Waals surface area contributed by atoms with Crippen LogP contribution in [0, 0.1) is 5.92 Å². The number of carbonyl (C=O) groups is 2. The number of hydrogen-bond acceptors (Lipinski definition) is 7. The van der Waals surface area contributed by atoms with Crippen LogP contribution in [0.5, 0.6) is 0 Å². The van der Waals surface area contributed by atoms with E-state index >= 15 is 0 Å². The van der Waals surface area contributed by atoms with Crippen molar-refractivity contribution in [3.63, 3.8) is 0 Å². The summed E-state index contributed by atoms with van der Waals surface area (Å²) in [5.41, 5.74) is 20.6. The van der Waals surface area contributed by atoms with E-state index in [1.807, 2.05) is 31.2 Å². The van der Waals surface area contributed by atoms with Gasteiger partial charge in [0.1, 0.15) is 0 Å². The summed E-state index contributed by atoms with van der Waals surface area (Å²) in [7, 11) is 0. The van der Waals surface area contributed by atoms with E-state index < -0.39 is 11.9 Å². The van der Waals surface area contributed by atoms with Gasteiger partial charge in [-0.2, -0.15) is 0 Å². The highest BCUT2D eigenvalue weighted by Crippen LogP contribution is 2.19. The van der Waals surface area contributed by atoms with Crippen molar-refractivity contribution in [2.75, 3.05) is 62.4 Å². The monoisotopic (exact) mass is 497 g/mol. The molecule has 0 spiro atoms. The van der Waals surface area contributed by atoms with Crippen molar-refractivity contribution in [3.8, 4) is 0 Å². The first-order valence-electron chi connectivity index (χ1n) is 12.5. The number of anilines is 2. The summed E-state index contributed by atoms with van der Waals surface area (Å²) in [5, 5.41) is 0. The van der Waals surface area contributed by atoms with Crippen molar-refractivity contribution in [2.24, 2.45) is 23.1 Å². The predicted molar refractivity (Wildman–Crippen MR) is 142 cm³/mol. The molecule has 0 radical (unpaired) electrons. The lowest BCUT2D eigenvalue weighted by Crippen LogP contribution is -2.38. The molecule has 6 N–H and O–H groups in total. The number of ether oxygens (including phenoxy) is 2. The van der Waals surface area contributed by atoms with E-state index in [9.17, 15) is 9.59 Å². The van der Waals surface area contributed by atoms with E-state index in [1.54, 1.807) is 0 Å². The maximum Gasteiger partial charge on any atom is 0.234 e. The second-order valence-electron chi connectivity index (χ2n) is 9.25. The van der Waals surface area contributed by atoms with Crippen molar-refractivity contribution < 1.29 is 19.1 Å². The van der Waals surface area contributed by atoms with Gasteiger partial charge in [-0.15, -0.1) is 0 Å². The molecule has 0 aliphatic carbocycles. The molecule has 2 aromatic carbocycles. The molecule has 9 nitrogen and oxygen atoms in total. The summed E-state index contributed by atoms with van der Waals surface area (Å²) < 4.78 is 10.6. The Kier molecular flexibility index (Phi) is 10.5. The zero-order chi connectivity index (χ0) is 25.9. The molecular formula is C27H39N5O4. The fourth-order valence-electron chi connectivity index (χ4n) is 4.14. The largest absolute Gasteiger partial charge is 0.378 e. The lowest BCUT2D eigenvalue weighted by atomic mass is 10.0. The molecule has 0 saturated carbocycles. The highest BCUT2D eigenvalue weighted by molar-refractivity contribution is 5.79. The Hall–Kier alpha value is -3.14. The molecule has 2 aromatic rings. The summed E-state index contributed by atoms with van der Waals surface area (Å²) in [5.74, 6) is -0.821. The molecule has 2 heterocycles. The van der Waals surface area contributed by atoms with Gasteiger partial charge in [0.2, 0.25) is 11.8 Å². The van der Waals surface area contributed by atoms with Gasteiger partial charge in [0, 0.05) is 43.5 Å². The minimum absolute atomic E-state index is 0.112. The molecule has 36 heavy (non-hydrogen) atoms. The molecule has 2 unspecified atom stereocenters. The van der Waals surface area contributed by atoms with Crippen molar-refractivity contribution in [1.82, 2.24) is 0 Å². The standard InChI is InChI=1S/C14H20N2O2.C13H19N3O2/c1-11(14(15)17)10-12-2-4-13(5-3-12)16-6-8-18-9-7-16;14-12(13(15)17)9-10-1-3-11(4-2-10)16-5-7-18-8-6-16/h2-5,11H,6-10H2,1H3,(H2,15,17);1-4,12H,5-9,14H2,(H2,15,17). The first-order chi connectivity index (χ1) is 17.3. The molecule has 2 fully saturated rings. The molecule has 4 rings (SSSR count). The maximum atomic E-state index is 11.0. The fourth-order valence-corrected chi connectivity index (χ4v) is 4.14. The van der Waals surface area contributed by atoms with Crippen molar-refractivity contribution in [1.29, 1.82) is 0 Å². The Morgan fingerprint density at radius 2 is 1.11 bits per heavy atom. The number of carbonyl (C=O) groups excluding carboxylic acids is 2. The van der Waals surface area contributed by atoms with Gasteiger partial charge in [0.25, 0.3) is 0 Å². The van der Waals surface area contributed by atoms with Gasteiger partial charge < -0.3 is 36.5 Å². The number of morpholine rings is 2. The van der Waals surface area contributed by atoms with Gasteiger partial charge >= 0.3 is 0 Å². The van der Waals surface area contributed by atoms with Crippen LogP contribution < -0.4 is 27.0 Å². The van der Waals surface area contributed by atoms with Crippen LogP contribution in [0.1, 0.15) is 18.1 Å². The summed E-state index contributed by atoms with van der Waals surface area (Å²) in [6.07, 6.45) is 1.19. The quantitative estimate of drug-likeness (QED) is 0.496. The predicted octanol–water partition coefficient (Wildman–Crippen LogP) is 1.07. The SMILES string of the molecule is CC(Cc1ccc(N2CCOCC2)cc1)C(N)=O.NC(=O)C(N)Cc1ccc(N2CCOCC2)cc1. The Balaban J connectivity index is 0.000000201. The zero-order valence-corrected chi connectivity index (χ0v) is 21.1. The smallest absolute Gasteiger partial charge is 0.234 e. The lowest BCUT2D eigenvalue weighted by molar-refractivity contribution is -0.121. The van der Waals surface area contributed by atoms with Crippen LogP contribution in [0.15, 0.2) is 48.5 Å². The second-order valence-corrected chi connectivity index (χ2v) is 9.25. The van der Waals surface area contributed by atoms with Gasteiger partial charge in [-0.1, -0.05) is 31.2 Å². The normalized spacial score (nSPS) is 17.5. The van der Waals surface area contributed by atoms with Gasteiger partial charge in [-0.3, -0.25) is 9.59 Å². The number of hydrogen-bond donors (Lipinski definition) is 3. The number of primary amides is 2. The Morgan fingerprint density at radius 3 is 1.47 bits per heavy atom. The number of nitrogens with zero attached hydrogens (tertiary/aromatic N) is 2. The zero-order valence-electron chi connectivity index (χ0n) is 21.1. The van der Waals surface area contributed by atoms with E-state index in [2.05, 4.69) is 34.1 Å². The summed E-state index contributed by atoms with van der Waals surface area (Å²) in [6.45, 7) is 8.70. The fraction of sp³-hybridized carbons (Fsp3) is 0.481. The number of benzene rings is 2. The number of nitrogens with two attached hydrogens (primary N) is 3. The molecule has 2 saturated heterocycles. The van der Waals surface area contributed by atoms with Crippen LogP contribution in [0.25, 0.3) is 0 Å². The van der Waals surface area contributed by atoms with Gasteiger partial charge in [-0.05, 0) is 48.2 Å². The second kappa shape index (κ2) is 13.8. The van der Waals surface area contributed by atoms with Gasteiger partial charge in [0.05, 0.1) is 32.5 Å². The highest BCUT2D eigenvalue weighted by atomic mass is 16.5. The number of amides is 2. The molecule has 0 bridgehead atoms. The molecule has 0 aromatic heterocycles. The van der Waals surface area contributed by atoms with Crippen LogP contribution in [0.2, 0.25) is 0 Å². The third-order valence-electron chi connectivity index (χ3n) is 6.47. The van der Waals surface area contributed by atoms with Crippen molar-refractivity contribution in [3.05, 3.63) is 59.7 Å². The van der Waals surface area contributed by atoms with E-state index in [0.29, 0.717) is 12.8 Å². The van der Waals surface area contributed by atoms with Crippen molar-refractivity contribution in [2.45, 2.75) is 25.8 Å². The van der Waals surface area contributed by atoms with Crippen LogP contribution >= 0.6 is 0 Å². The third kappa shape index (κ3) is 8.51.